The van der Waals surface area contributed by atoms with Crippen molar-refractivity contribution in [1.82, 2.24) is 10.2 Å². The van der Waals surface area contributed by atoms with Crippen LogP contribution in [0.5, 0.6) is 5.75 Å². The van der Waals surface area contributed by atoms with Crippen LogP contribution in [0.25, 0.3) is 0 Å². The van der Waals surface area contributed by atoms with Crippen molar-refractivity contribution in [2.75, 3.05) is 0 Å². The van der Waals surface area contributed by atoms with Gasteiger partial charge in [0, 0.05) is 6.42 Å². The highest BCUT2D eigenvalue weighted by Gasteiger charge is 2.46. The lowest BCUT2D eigenvalue weighted by Crippen LogP contribution is -2.54. The number of rotatable bonds is 5. The predicted molar refractivity (Wildman–Crippen MR) is 91.4 cm³/mol. The van der Waals surface area contributed by atoms with E-state index >= 15 is 0 Å². The van der Waals surface area contributed by atoms with Gasteiger partial charge in [0.15, 0.2) is 5.01 Å². The minimum absolute atomic E-state index is 0.0904. The first-order valence-corrected chi connectivity index (χ1v) is 9.01. The smallest absolute Gasteiger partial charge is 0.266 e. The Morgan fingerprint density at radius 2 is 2.04 bits per heavy atom. The number of nitrogens with zero attached hydrogens (tertiary/aromatic N) is 1. The Bertz CT molecular complexity index is 763. The molecule has 7 nitrogen and oxygen atoms in total. The van der Waals surface area contributed by atoms with Crippen LogP contribution in [0.4, 0.5) is 0 Å². The molecule has 8 heteroatoms. The molecule has 0 aliphatic carbocycles. The van der Waals surface area contributed by atoms with Gasteiger partial charge in [-0.3, -0.25) is 29.4 Å². The highest BCUT2D eigenvalue weighted by Crippen LogP contribution is 2.34. The van der Waals surface area contributed by atoms with Crippen molar-refractivity contribution < 1.29 is 23.9 Å². The standard InChI is InChI=1S/C17H17BrN2O5/c1-2-4-12(18)25-11-6-3-5-9-14(11)17(24)20(16(9)23)10-7-8-13(21)19-15(10)22/h3,5-6,10,12H,2,4,7-8H2,1H3,(H,19,21,22). The maximum absolute atomic E-state index is 12.8. The molecular weight excluding hydrogens is 392 g/mol. The average Bonchev–Trinajstić information content (AvgIpc) is 2.81. The maximum Gasteiger partial charge on any atom is 0.266 e. The third-order valence-corrected chi connectivity index (χ3v) is 4.85. The van der Waals surface area contributed by atoms with Gasteiger partial charge in [-0.1, -0.05) is 19.4 Å². The summed E-state index contributed by atoms with van der Waals surface area (Å²) in [6, 6.07) is 3.83. The topological polar surface area (TPSA) is 92.8 Å². The Morgan fingerprint density at radius 3 is 2.72 bits per heavy atom. The molecule has 1 N–H and O–H groups in total. The van der Waals surface area contributed by atoms with Gasteiger partial charge in [-0.25, -0.2) is 0 Å². The average molecular weight is 409 g/mol. The molecule has 1 saturated heterocycles. The van der Waals surface area contributed by atoms with Crippen molar-refractivity contribution in [3.63, 3.8) is 0 Å². The van der Waals surface area contributed by atoms with Crippen molar-refractivity contribution in [2.24, 2.45) is 0 Å². The molecule has 0 aromatic heterocycles. The summed E-state index contributed by atoms with van der Waals surface area (Å²) in [6.07, 6.45) is 1.85. The van der Waals surface area contributed by atoms with Gasteiger partial charge in [-0.2, -0.15) is 0 Å². The summed E-state index contributed by atoms with van der Waals surface area (Å²) in [5.41, 5.74) is 0.376. The van der Waals surface area contributed by atoms with Gasteiger partial charge in [-0.15, -0.1) is 0 Å². The molecule has 0 saturated carbocycles. The van der Waals surface area contributed by atoms with Crippen molar-refractivity contribution >= 4 is 39.6 Å². The molecule has 132 valence electrons. The zero-order valence-corrected chi connectivity index (χ0v) is 15.2. The maximum atomic E-state index is 12.8. The second-order valence-electron chi connectivity index (χ2n) is 5.94. The third-order valence-electron chi connectivity index (χ3n) is 4.20. The van der Waals surface area contributed by atoms with Crippen LogP contribution in [0.15, 0.2) is 18.2 Å². The molecule has 2 aliphatic rings. The van der Waals surface area contributed by atoms with E-state index in [1.807, 2.05) is 6.92 Å². The van der Waals surface area contributed by atoms with E-state index in [4.69, 9.17) is 4.74 Å². The van der Waals surface area contributed by atoms with E-state index in [0.29, 0.717) is 5.75 Å². The molecule has 25 heavy (non-hydrogen) atoms. The van der Waals surface area contributed by atoms with Crippen LogP contribution in [0.3, 0.4) is 0 Å². The molecule has 2 atom stereocenters. The minimum atomic E-state index is -0.978. The summed E-state index contributed by atoms with van der Waals surface area (Å²) in [6.45, 7) is 2.01. The van der Waals surface area contributed by atoms with E-state index in [1.54, 1.807) is 12.1 Å². The van der Waals surface area contributed by atoms with E-state index in [1.165, 1.54) is 6.07 Å². The number of nitrogens with one attached hydrogen (secondary N) is 1. The monoisotopic (exact) mass is 408 g/mol. The summed E-state index contributed by atoms with van der Waals surface area (Å²) in [7, 11) is 0. The minimum Gasteiger partial charge on any atom is -0.478 e. The van der Waals surface area contributed by atoms with Crippen LogP contribution in [-0.4, -0.2) is 39.6 Å². The SMILES string of the molecule is CCCC(Br)Oc1cccc2c1C(=O)N(C1CCC(=O)NC1=O)C2=O. The first kappa shape index (κ1) is 17.6. The number of amides is 4. The number of carbonyl (C=O) groups is 4. The molecule has 0 bridgehead atoms. The number of hydrogen-bond donors (Lipinski definition) is 1. The largest absolute Gasteiger partial charge is 0.478 e. The molecule has 1 aromatic carbocycles. The first-order valence-electron chi connectivity index (χ1n) is 8.09. The number of alkyl halides is 1. The summed E-state index contributed by atoms with van der Waals surface area (Å²) in [5.74, 6) is -1.83. The van der Waals surface area contributed by atoms with Crippen molar-refractivity contribution in [2.45, 2.75) is 43.7 Å². The van der Waals surface area contributed by atoms with Crippen LogP contribution in [0, 0.1) is 0 Å². The second kappa shape index (κ2) is 6.95. The number of halogens is 1. The fourth-order valence-corrected chi connectivity index (χ4v) is 3.67. The van der Waals surface area contributed by atoms with Gasteiger partial charge < -0.3 is 4.74 Å². The van der Waals surface area contributed by atoms with Crippen LogP contribution < -0.4 is 10.1 Å². The number of fused-ring (bicyclic) bond motifs is 1. The molecule has 0 spiro atoms. The molecule has 2 unspecified atom stereocenters. The first-order chi connectivity index (χ1) is 11.9. The Hall–Kier alpha value is -2.22. The van der Waals surface area contributed by atoms with E-state index < -0.39 is 29.7 Å². The number of piperidine rings is 1. The summed E-state index contributed by atoms with van der Waals surface area (Å²) in [4.78, 5) is 49.8. The summed E-state index contributed by atoms with van der Waals surface area (Å²) >= 11 is 3.39. The van der Waals surface area contributed by atoms with Crippen molar-refractivity contribution in [3.8, 4) is 5.75 Å². The molecule has 1 fully saturated rings. The lowest BCUT2D eigenvalue weighted by Gasteiger charge is -2.27. The quantitative estimate of drug-likeness (QED) is 0.593. The van der Waals surface area contributed by atoms with Gasteiger partial charge in [0.2, 0.25) is 11.8 Å². The lowest BCUT2D eigenvalue weighted by molar-refractivity contribution is -0.136. The van der Waals surface area contributed by atoms with Crippen molar-refractivity contribution in [3.05, 3.63) is 29.3 Å². The van der Waals surface area contributed by atoms with Crippen LogP contribution >= 0.6 is 15.9 Å². The Morgan fingerprint density at radius 1 is 1.28 bits per heavy atom. The molecular formula is C17H17BrN2O5. The predicted octanol–water partition coefficient (Wildman–Crippen LogP) is 1.99. The van der Waals surface area contributed by atoms with Crippen LogP contribution in [-0.2, 0) is 9.59 Å². The van der Waals surface area contributed by atoms with Gasteiger partial charge in [0.05, 0.1) is 11.1 Å². The summed E-state index contributed by atoms with van der Waals surface area (Å²) < 4.78 is 5.76. The molecule has 3 rings (SSSR count). The zero-order valence-electron chi connectivity index (χ0n) is 13.6. The molecule has 4 amide bonds. The zero-order chi connectivity index (χ0) is 18.1. The normalized spacial score (nSPS) is 21.2. The Kier molecular flexibility index (Phi) is 4.89. The number of ether oxygens (including phenoxy) is 1. The Labute approximate surface area is 152 Å². The molecule has 2 aliphatic heterocycles. The fourth-order valence-electron chi connectivity index (χ4n) is 3.01. The lowest BCUT2D eigenvalue weighted by atomic mass is 10.0. The van der Waals surface area contributed by atoms with Gasteiger partial charge in [0.1, 0.15) is 11.8 Å². The number of carbonyl (C=O) groups excluding carboxylic acids is 4. The van der Waals surface area contributed by atoms with E-state index in [9.17, 15) is 19.2 Å². The highest BCUT2D eigenvalue weighted by atomic mass is 79.9. The van der Waals surface area contributed by atoms with Crippen molar-refractivity contribution in [1.29, 1.82) is 0 Å². The Balaban J connectivity index is 1.91. The third kappa shape index (κ3) is 3.18. The molecule has 2 heterocycles. The summed E-state index contributed by atoms with van der Waals surface area (Å²) in [5, 5.41) is 1.89. The van der Waals surface area contributed by atoms with Gasteiger partial charge in [0.25, 0.3) is 11.8 Å². The number of benzene rings is 1. The molecule has 1 aromatic rings. The number of imide groups is 2. The number of hydrogen-bond acceptors (Lipinski definition) is 5. The van der Waals surface area contributed by atoms with E-state index in [-0.39, 0.29) is 29.0 Å². The van der Waals surface area contributed by atoms with Gasteiger partial charge >= 0.3 is 0 Å². The van der Waals surface area contributed by atoms with Crippen LogP contribution in [0.1, 0.15) is 53.3 Å². The molecule has 0 radical (unpaired) electrons. The van der Waals surface area contributed by atoms with Crippen LogP contribution in [0.2, 0.25) is 0 Å². The fraction of sp³-hybridized carbons (Fsp3) is 0.412. The highest BCUT2D eigenvalue weighted by molar-refractivity contribution is 9.09. The second-order valence-corrected chi connectivity index (χ2v) is 6.96. The van der Waals surface area contributed by atoms with E-state index in [0.717, 1.165) is 17.7 Å². The van der Waals surface area contributed by atoms with E-state index in [2.05, 4.69) is 21.2 Å². The van der Waals surface area contributed by atoms with Gasteiger partial charge in [-0.05, 0) is 40.9 Å².